The fourth-order valence-electron chi connectivity index (χ4n) is 0.664. The summed E-state index contributed by atoms with van der Waals surface area (Å²) >= 11 is 3.09. The summed E-state index contributed by atoms with van der Waals surface area (Å²) in [7, 11) is -1.30. The lowest BCUT2D eigenvalue weighted by molar-refractivity contribution is 0.405. The molecule has 0 aromatic carbocycles. The van der Waals surface area contributed by atoms with Gasteiger partial charge in [0, 0.05) is 6.32 Å². The monoisotopic (exact) mass is 204 g/mol. The van der Waals surface area contributed by atoms with E-state index in [0.29, 0.717) is 4.67 Å². The SMILES string of the molecule is OB(O)Cc1coc(Br)c1. The normalized spacial score (nSPS) is 9.90. The molecule has 0 aliphatic heterocycles. The molecule has 2 N–H and O–H groups in total. The van der Waals surface area contributed by atoms with Crippen LogP contribution in [0.15, 0.2) is 21.4 Å². The molecule has 0 atom stereocenters. The molecular formula is C5H6BBrO3. The number of hydrogen-bond acceptors (Lipinski definition) is 3. The molecule has 1 aromatic heterocycles. The fraction of sp³-hybridized carbons (Fsp3) is 0.200. The van der Waals surface area contributed by atoms with Crippen molar-refractivity contribution in [3.8, 4) is 0 Å². The maximum absolute atomic E-state index is 8.51. The van der Waals surface area contributed by atoms with Crippen LogP contribution in [0.1, 0.15) is 5.56 Å². The lowest BCUT2D eigenvalue weighted by atomic mass is 9.83. The maximum Gasteiger partial charge on any atom is 0.456 e. The van der Waals surface area contributed by atoms with E-state index < -0.39 is 7.12 Å². The van der Waals surface area contributed by atoms with Gasteiger partial charge < -0.3 is 14.5 Å². The van der Waals surface area contributed by atoms with E-state index in [0.717, 1.165) is 5.56 Å². The van der Waals surface area contributed by atoms with Crippen LogP contribution < -0.4 is 0 Å². The molecule has 0 bridgehead atoms. The van der Waals surface area contributed by atoms with Crippen LogP contribution in [0.3, 0.4) is 0 Å². The van der Waals surface area contributed by atoms with Gasteiger partial charge >= 0.3 is 7.12 Å². The topological polar surface area (TPSA) is 53.6 Å². The van der Waals surface area contributed by atoms with Crippen LogP contribution in [0.4, 0.5) is 0 Å². The van der Waals surface area contributed by atoms with Gasteiger partial charge in [-0.3, -0.25) is 0 Å². The van der Waals surface area contributed by atoms with E-state index >= 15 is 0 Å². The van der Waals surface area contributed by atoms with Crippen molar-refractivity contribution in [1.29, 1.82) is 0 Å². The molecule has 0 saturated heterocycles. The Balaban J connectivity index is 2.58. The van der Waals surface area contributed by atoms with Crippen molar-refractivity contribution in [2.45, 2.75) is 6.32 Å². The van der Waals surface area contributed by atoms with E-state index in [4.69, 9.17) is 14.5 Å². The van der Waals surface area contributed by atoms with Crippen LogP contribution >= 0.6 is 15.9 Å². The quantitative estimate of drug-likeness (QED) is 0.694. The molecule has 0 aliphatic carbocycles. The first-order valence-electron chi connectivity index (χ1n) is 2.77. The average Bonchev–Trinajstić information content (AvgIpc) is 2.13. The van der Waals surface area contributed by atoms with Crippen LogP contribution in [0.5, 0.6) is 0 Å². The summed E-state index contributed by atoms with van der Waals surface area (Å²) in [4.78, 5) is 0. The first-order chi connectivity index (χ1) is 4.68. The zero-order valence-corrected chi connectivity index (χ0v) is 6.71. The van der Waals surface area contributed by atoms with E-state index in [-0.39, 0.29) is 6.32 Å². The molecule has 0 aliphatic rings. The van der Waals surface area contributed by atoms with E-state index in [1.54, 1.807) is 6.07 Å². The minimum atomic E-state index is -1.30. The van der Waals surface area contributed by atoms with E-state index in [1.165, 1.54) is 6.26 Å². The van der Waals surface area contributed by atoms with E-state index in [1.807, 2.05) is 0 Å². The van der Waals surface area contributed by atoms with Crippen molar-refractivity contribution in [3.05, 3.63) is 22.6 Å². The zero-order chi connectivity index (χ0) is 7.56. The Hall–Kier alpha value is -0.255. The van der Waals surface area contributed by atoms with Gasteiger partial charge in [0.1, 0.15) is 0 Å². The molecular weight excluding hydrogens is 199 g/mol. The Morgan fingerprint density at radius 2 is 2.30 bits per heavy atom. The molecule has 0 fully saturated rings. The van der Waals surface area contributed by atoms with E-state index in [9.17, 15) is 0 Å². The third-order valence-electron chi connectivity index (χ3n) is 1.04. The minimum Gasteiger partial charge on any atom is -0.457 e. The van der Waals surface area contributed by atoms with Crippen molar-refractivity contribution >= 4 is 23.0 Å². The zero-order valence-electron chi connectivity index (χ0n) is 5.12. The van der Waals surface area contributed by atoms with Crippen molar-refractivity contribution in [3.63, 3.8) is 0 Å². The maximum atomic E-state index is 8.51. The van der Waals surface area contributed by atoms with Crippen molar-refractivity contribution in [2.24, 2.45) is 0 Å². The minimum absolute atomic E-state index is 0.203. The average molecular weight is 205 g/mol. The molecule has 0 radical (unpaired) electrons. The largest absolute Gasteiger partial charge is 0.457 e. The highest BCUT2D eigenvalue weighted by Gasteiger charge is 2.09. The van der Waals surface area contributed by atoms with Crippen LogP contribution in [-0.4, -0.2) is 17.2 Å². The van der Waals surface area contributed by atoms with Gasteiger partial charge in [0.05, 0.1) is 6.26 Å². The third kappa shape index (κ3) is 2.17. The molecule has 54 valence electrons. The van der Waals surface area contributed by atoms with Crippen molar-refractivity contribution in [1.82, 2.24) is 0 Å². The Morgan fingerprint density at radius 3 is 2.70 bits per heavy atom. The smallest absolute Gasteiger partial charge is 0.456 e. The Morgan fingerprint density at radius 1 is 1.60 bits per heavy atom. The number of halogens is 1. The predicted molar refractivity (Wildman–Crippen MR) is 40.3 cm³/mol. The van der Waals surface area contributed by atoms with Gasteiger partial charge in [0.2, 0.25) is 0 Å². The molecule has 0 amide bonds. The molecule has 10 heavy (non-hydrogen) atoms. The predicted octanol–water partition coefficient (Wildman–Crippen LogP) is 0.597. The highest BCUT2D eigenvalue weighted by molar-refractivity contribution is 9.10. The van der Waals surface area contributed by atoms with Gasteiger partial charge in [-0.05, 0) is 27.6 Å². The highest BCUT2D eigenvalue weighted by Crippen LogP contribution is 2.14. The molecule has 0 unspecified atom stereocenters. The fourth-order valence-corrected chi connectivity index (χ4v) is 1.05. The Kier molecular flexibility index (Phi) is 2.53. The highest BCUT2D eigenvalue weighted by atomic mass is 79.9. The van der Waals surface area contributed by atoms with Crippen LogP contribution in [0.25, 0.3) is 0 Å². The van der Waals surface area contributed by atoms with Gasteiger partial charge in [-0.15, -0.1) is 0 Å². The lowest BCUT2D eigenvalue weighted by Gasteiger charge is -1.90. The Bertz CT molecular complexity index is 210. The Labute approximate surface area is 66.9 Å². The van der Waals surface area contributed by atoms with Crippen LogP contribution in [0.2, 0.25) is 0 Å². The van der Waals surface area contributed by atoms with Gasteiger partial charge in [0.25, 0.3) is 0 Å². The molecule has 1 aromatic rings. The molecule has 1 heterocycles. The second-order valence-electron chi connectivity index (χ2n) is 1.94. The van der Waals surface area contributed by atoms with Crippen molar-refractivity contribution in [2.75, 3.05) is 0 Å². The van der Waals surface area contributed by atoms with Crippen LogP contribution in [0, 0.1) is 0 Å². The molecule has 1 rings (SSSR count). The van der Waals surface area contributed by atoms with Gasteiger partial charge in [-0.1, -0.05) is 0 Å². The second kappa shape index (κ2) is 3.23. The van der Waals surface area contributed by atoms with Gasteiger partial charge in [-0.25, -0.2) is 0 Å². The van der Waals surface area contributed by atoms with E-state index in [2.05, 4.69) is 15.9 Å². The van der Waals surface area contributed by atoms with Gasteiger partial charge in [0.15, 0.2) is 4.67 Å². The summed E-state index contributed by atoms with van der Waals surface area (Å²) < 4.78 is 5.46. The first-order valence-corrected chi connectivity index (χ1v) is 3.57. The molecule has 0 spiro atoms. The molecule has 0 saturated carbocycles. The summed E-state index contributed by atoms with van der Waals surface area (Å²) in [6.07, 6.45) is 1.68. The summed E-state index contributed by atoms with van der Waals surface area (Å²) in [5.41, 5.74) is 0.766. The molecule has 5 heteroatoms. The second-order valence-corrected chi connectivity index (χ2v) is 2.73. The standard InChI is InChI=1S/C5H6BBrO3/c7-5-1-4(3-10-5)2-6(8)9/h1,3,8-9H,2H2. The summed E-state index contributed by atoms with van der Waals surface area (Å²) in [5.74, 6) is 0. The summed E-state index contributed by atoms with van der Waals surface area (Å²) in [6, 6.07) is 1.69. The lowest BCUT2D eigenvalue weighted by Crippen LogP contribution is -2.14. The van der Waals surface area contributed by atoms with Crippen molar-refractivity contribution < 1.29 is 14.5 Å². The third-order valence-corrected chi connectivity index (χ3v) is 1.46. The number of rotatable bonds is 2. The van der Waals surface area contributed by atoms with Crippen LogP contribution in [-0.2, 0) is 6.32 Å². The summed E-state index contributed by atoms with van der Waals surface area (Å²) in [6.45, 7) is 0. The first kappa shape index (κ1) is 7.85. The number of hydrogen-bond donors (Lipinski definition) is 2. The summed E-state index contributed by atoms with van der Waals surface area (Å²) in [5, 5.41) is 17.0. The number of furan rings is 1. The van der Waals surface area contributed by atoms with Gasteiger partial charge in [-0.2, -0.15) is 0 Å². The molecule has 3 nitrogen and oxygen atoms in total.